The van der Waals surface area contributed by atoms with E-state index in [4.69, 9.17) is 9.47 Å². The van der Waals surface area contributed by atoms with Crippen LogP contribution in [-0.2, 0) is 9.84 Å². The number of sulfone groups is 1. The summed E-state index contributed by atoms with van der Waals surface area (Å²) in [5.41, 5.74) is 1.65. The monoisotopic (exact) mass is 458 g/mol. The van der Waals surface area contributed by atoms with Crippen molar-refractivity contribution in [2.45, 2.75) is 18.2 Å². The Balaban J connectivity index is 1.58. The molecule has 0 radical (unpaired) electrons. The molecule has 0 atom stereocenters. The third kappa shape index (κ3) is 5.44. The van der Waals surface area contributed by atoms with E-state index in [1.165, 1.54) is 12.1 Å². The first kappa shape index (κ1) is 23.3. The molecule has 32 heavy (non-hydrogen) atoms. The summed E-state index contributed by atoms with van der Waals surface area (Å²) in [7, 11) is -0.0145. The van der Waals surface area contributed by atoms with E-state index in [2.05, 4.69) is 10.3 Å². The lowest BCUT2D eigenvalue weighted by Crippen LogP contribution is -2.29. The lowest BCUT2D eigenvalue weighted by atomic mass is 10.2. The van der Waals surface area contributed by atoms with Gasteiger partial charge in [-0.1, -0.05) is 17.3 Å². The van der Waals surface area contributed by atoms with E-state index in [0.717, 1.165) is 11.9 Å². The van der Waals surface area contributed by atoms with Crippen LogP contribution >= 0.6 is 0 Å². The second kappa shape index (κ2) is 9.82. The maximum atomic E-state index is 12.8. The first-order valence-corrected chi connectivity index (χ1v) is 11.8. The highest BCUT2D eigenvalue weighted by molar-refractivity contribution is 7.90. The second-order valence-electron chi connectivity index (χ2n) is 7.31. The van der Waals surface area contributed by atoms with Gasteiger partial charge in [-0.15, -0.1) is 5.10 Å². The Morgan fingerprint density at radius 2 is 1.84 bits per heavy atom. The summed E-state index contributed by atoms with van der Waals surface area (Å²) in [5, 5.41) is 8.19. The molecule has 2 aromatic carbocycles. The number of hydrogen-bond donors (Lipinski definition) is 0. The highest BCUT2D eigenvalue weighted by atomic mass is 32.2. The minimum atomic E-state index is -3.29. The molecule has 0 saturated heterocycles. The fourth-order valence-electron chi connectivity index (χ4n) is 3.08. The molecule has 170 valence electrons. The third-order valence-electron chi connectivity index (χ3n) is 4.88. The van der Waals surface area contributed by atoms with Gasteiger partial charge in [0.25, 0.3) is 5.91 Å². The predicted octanol–water partition coefficient (Wildman–Crippen LogP) is 2.53. The van der Waals surface area contributed by atoms with Gasteiger partial charge in [0.05, 0.1) is 30.0 Å². The first-order chi connectivity index (χ1) is 15.2. The Morgan fingerprint density at radius 1 is 1.12 bits per heavy atom. The van der Waals surface area contributed by atoms with Gasteiger partial charge in [0.1, 0.15) is 11.5 Å². The average molecular weight is 459 g/mol. The van der Waals surface area contributed by atoms with Crippen molar-refractivity contribution in [1.29, 1.82) is 0 Å². The highest BCUT2D eigenvalue weighted by Crippen LogP contribution is 2.19. The van der Waals surface area contributed by atoms with Crippen molar-refractivity contribution < 1.29 is 22.7 Å². The van der Waals surface area contributed by atoms with Crippen LogP contribution in [0.3, 0.4) is 0 Å². The number of nitrogens with zero attached hydrogens (tertiary/aromatic N) is 4. The quantitative estimate of drug-likeness (QED) is 0.454. The molecule has 0 aliphatic rings. The van der Waals surface area contributed by atoms with Crippen molar-refractivity contribution in [3.8, 4) is 17.2 Å². The topological polar surface area (TPSA) is 104 Å². The van der Waals surface area contributed by atoms with Crippen LogP contribution in [0.15, 0.2) is 53.4 Å². The number of rotatable bonds is 9. The van der Waals surface area contributed by atoms with Gasteiger partial charge in [0.2, 0.25) is 0 Å². The molecule has 1 amide bonds. The lowest BCUT2D eigenvalue weighted by molar-refractivity contribution is 0.0781. The molecule has 9 nitrogen and oxygen atoms in total. The number of ether oxygens (including phenoxy) is 2. The number of hydrogen-bond acceptors (Lipinski definition) is 7. The molecule has 0 aliphatic carbocycles. The Morgan fingerprint density at radius 3 is 2.56 bits per heavy atom. The molecule has 3 aromatic rings. The zero-order chi connectivity index (χ0) is 23.3. The zero-order valence-corrected chi connectivity index (χ0v) is 19.3. The van der Waals surface area contributed by atoms with Gasteiger partial charge in [0.15, 0.2) is 15.5 Å². The molecular weight excluding hydrogens is 432 g/mol. The smallest absolute Gasteiger partial charge is 0.276 e. The van der Waals surface area contributed by atoms with Crippen LogP contribution in [0.25, 0.3) is 5.69 Å². The summed E-state index contributed by atoms with van der Waals surface area (Å²) in [6, 6.07) is 13.7. The van der Waals surface area contributed by atoms with Gasteiger partial charge in [-0.3, -0.25) is 4.79 Å². The largest absolute Gasteiger partial charge is 0.497 e. The lowest BCUT2D eigenvalue weighted by Gasteiger charge is -2.16. The molecule has 1 aromatic heterocycles. The molecule has 1 heterocycles. The fourth-order valence-corrected chi connectivity index (χ4v) is 3.74. The molecule has 0 spiro atoms. The normalized spacial score (nSPS) is 11.2. The summed E-state index contributed by atoms with van der Waals surface area (Å²) < 4.78 is 35.8. The highest BCUT2D eigenvalue weighted by Gasteiger charge is 2.21. The summed E-state index contributed by atoms with van der Waals surface area (Å²) in [6.45, 7) is 2.56. The van der Waals surface area contributed by atoms with Crippen LogP contribution in [0, 0.1) is 6.92 Å². The van der Waals surface area contributed by atoms with E-state index >= 15 is 0 Å². The van der Waals surface area contributed by atoms with E-state index in [0.29, 0.717) is 36.8 Å². The minimum absolute atomic E-state index is 0.205. The summed E-state index contributed by atoms with van der Waals surface area (Å²) in [4.78, 5) is 14.6. The van der Waals surface area contributed by atoms with E-state index in [-0.39, 0.29) is 16.5 Å². The van der Waals surface area contributed by atoms with Crippen LogP contribution in [0.2, 0.25) is 0 Å². The van der Waals surface area contributed by atoms with Gasteiger partial charge >= 0.3 is 0 Å². The second-order valence-corrected chi connectivity index (χ2v) is 9.33. The summed E-state index contributed by atoms with van der Waals surface area (Å²) in [5.74, 6) is 0.916. The van der Waals surface area contributed by atoms with Crippen LogP contribution in [-0.4, -0.2) is 67.8 Å². The van der Waals surface area contributed by atoms with Gasteiger partial charge in [0, 0.05) is 25.9 Å². The maximum Gasteiger partial charge on any atom is 0.276 e. The number of aromatic nitrogens is 3. The Hall–Kier alpha value is -3.40. The molecule has 3 rings (SSSR count). The average Bonchev–Trinajstić information content (AvgIpc) is 3.17. The van der Waals surface area contributed by atoms with E-state index in [1.807, 2.05) is 24.3 Å². The summed E-state index contributed by atoms with van der Waals surface area (Å²) in [6.07, 6.45) is 1.72. The van der Waals surface area contributed by atoms with Gasteiger partial charge in [-0.25, -0.2) is 13.1 Å². The Kier molecular flexibility index (Phi) is 7.14. The predicted molar refractivity (Wildman–Crippen MR) is 119 cm³/mol. The number of amides is 1. The van der Waals surface area contributed by atoms with Crippen molar-refractivity contribution in [1.82, 2.24) is 19.9 Å². The van der Waals surface area contributed by atoms with E-state index < -0.39 is 9.84 Å². The van der Waals surface area contributed by atoms with Crippen LogP contribution in [0.4, 0.5) is 0 Å². The SMILES string of the molecule is COc1cccc(-n2nnc(C(=O)N(C)CCCOc3cccc(S(C)(=O)=O)c3)c2C)c1. The number of benzene rings is 2. The van der Waals surface area contributed by atoms with Crippen molar-refractivity contribution in [3.05, 3.63) is 59.9 Å². The molecule has 0 N–H and O–H groups in total. The standard InChI is InChI=1S/C22H26N4O5S/c1-16-21(23-24-26(16)17-8-5-9-18(14-17)30-3)22(27)25(2)12-7-13-31-19-10-6-11-20(15-19)32(4,28)29/h5-6,8-11,14-15H,7,12-13H2,1-4H3. The minimum Gasteiger partial charge on any atom is -0.497 e. The molecule has 0 fully saturated rings. The molecule has 0 aliphatic heterocycles. The van der Waals surface area contributed by atoms with E-state index in [9.17, 15) is 13.2 Å². The van der Waals surface area contributed by atoms with Crippen molar-refractivity contribution in [2.24, 2.45) is 0 Å². The van der Waals surface area contributed by atoms with Crippen molar-refractivity contribution in [3.63, 3.8) is 0 Å². The number of carbonyl (C=O) groups is 1. The molecule has 0 saturated carbocycles. The summed E-state index contributed by atoms with van der Waals surface area (Å²) >= 11 is 0. The van der Waals surface area contributed by atoms with Gasteiger partial charge < -0.3 is 14.4 Å². The Labute approximate surface area is 187 Å². The van der Waals surface area contributed by atoms with E-state index in [1.54, 1.807) is 42.8 Å². The Bertz CT molecular complexity index is 1210. The first-order valence-electron chi connectivity index (χ1n) is 9.96. The van der Waals surface area contributed by atoms with Crippen LogP contribution < -0.4 is 9.47 Å². The fraction of sp³-hybridized carbons (Fsp3) is 0.318. The zero-order valence-electron chi connectivity index (χ0n) is 18.5. The molecule has 10 heteroatoms. The molecular formula is C22H26N4O5S. The number of methoxy groups -OCH3 is 1. The third-order valence-corrected chi connectivity index (χ3v) is 5.99. The molecule has 0 unspecified atom stereocenters. The maximum absolute atomic E-state index is 12.8. The number of carbonyl (C=O) groups excluding carboxylic acids is 1. The van der Waals surface area contributed by atoms with Crippen molar-refractivity contribution in [2.75, 3.05) is 33.6 Å². The van der Waals surface area contributed by atoms with Gasteiger partial charge in [-0.2, -0.15) is 0 Å². The van der Waals surface area contributed by atoms with Crippen LogP contribution in [0.5, 0.6) is 11.5 Å². The van der Waals surface area contributed by atoms with Gasteiger partial charge in [-0.05, 0) is 43.7 Å². The molecule has 0 bridgehead atoms. The van der Waals surface area contributed by atoms with Crippen LogP contribution in [0.1, 0.15) is 22.6 Å². The van der Waals surface area contributed by atoms with Crippen molar-refractivity contribution >= 4 is 15.7 Å².